The lowest BCUT2D eigenvalue weighted by Crippen LogP contribution is -2.37. The first-order valence-electron chi connectivity index (χ1n) is 7.42. The Hall–Kier alpha value is -3.16. The molecule has 0 spiro atoms. The average molecular weight is 328 g/mol. The fraction of sp³-hybridized carbons (Fsp3) is 0.250. The van der Waals surface area contributed by atoms with Gasteiger partial charge in [-0.1, -0.05) is 12.1 Å². The van der Waals surface area contributed by atoms with Crippen molar-refractivity contribution < 1.29 is 14.4 Å². The van der Waals surface area contributed by atoms with Crippen LogP contribution in [0.1, 0.15) is 34.8 Å². The summed E-state index contributed by atoms with van der Waals surface area (Å²) in [4.78, 5) is 46.6. The van der Waals surface area contributed by atoms with E-state index in [9.17, 15) is 19.2 Å². The van der Waals surface area contributed by atoms with Gasteiger partial charge in [-0.15, -0.1) is 0 Å². The summed E-state index contributed by atoms with van der Waals surface area (Å²) in [5, 5.41) is 7.61. The van der Waals surface area contributed by atoms with E-state index in [0.717, 1.165) is 5.56 Å². The van der Waals surface area contributed by atoms with E-state index in [2.05, 4.69) is 15.7 Å². The number of anilines is 1. The van der Waals surface area contributed by atoms with E-state index in [1.165, 1.54) is 17.8 Å². The maximum absolute atomic E-state index is 12.2. The maximum Gasteiger partial charge on any atom is 0.273 e. The molecule has 2 aromatic rings. The Morgan fingerprint density at radius 2 is 1.88 bits per heavy atom. The number of imide groups is 1. The summed E-state index contributed by atoms with van der Waals surface area (Å²) in [6.45, 7) is 0. The van der Waals surface area contributed by atoms with Gasteiger partial charge in [-0.2, -0.15) is 0 Å². The third-order valence-corrected chi connectivity index (χ3v) is 3.89. The topological polar surface area (TPSA) is 113 Å². The molecule has 1 aromatic carbocycles. The second-order valence-electron chi connectivity index (χ2n) is 5.72. The van der Waals surface area contributed by atoms with Gasteiger partial charge in [-0.05, 0) is 17.7 Å². The van der Waals surface area contributed by atoms with E-state index in [1.807, 2.05) is 6.07 Å². The molecule has 2 heterocycles. The van der Waals surface area contributed by atoms with E-state index in [4.69, 9.17) is 0 Å². The summed E-state index contributed by atoms with van der Waals surface area (Å²) in [5.41, 5.74) is 1.18. The number of H-pyrrole nitrogens is 1. The van der Waals surface area contributed by atoms with Gasteiger partial charge < -0.3 is 5.32 Å². The Kier molecular flexibility index (Phi) is 4.03. The molecule has 0 atom stereocenters. The minimum atomic E-state index is -0.442. The maximum atomic E-state index is 12.2. The molecule has 0 aliphatic carbocycles. The number of piperidine rings is 1. The van der Waals surface area contributed by atoms with Crippen molar-refractivity contribution in [2.45, 2.75) is 18.8 Å². The van der Waals surface area contributed by atoms with Crippen LogP contribution in [-0.4, -0.2) is 27.5 Å². The highest BCUT2D eigenvalue weighted by Gasteiger charge is 2.26. The average Bonchev–Trinajstić information content (AvgIpc) is 2.86. The number of benzene rings is 1. The minimum Gasteiger partial charge on any atom is -0.321 e. The highest BCUT2D eigenvalue weighted by Crippen LogP contribution is 2.28. The van der Waals surface area contributed by atoms with E-state index in [1.54, 1.807) is 18.2 Å². The Labute approximate surface area is 136 Å². The summed E-state index contributed by atoms with van der Waals surface area (Å²) in [6.07, 6.45) is 0.463. The Balaban J connectivity index is 1.78. The molecule has 3 N–H and O–H groups in total. The fourth-order valence-corrected chi connectivity index (χ4v) is 2.69. The lowest BCUT2D eigenvalue weighted by Gasteiger charge is -2.21. The van der Waals surface area contributed by atoms with Crippen LogP contribution < -0.4 is 16.2 Å². The lowest BCUT2D eigenvalue weighted by atomic mass is 9.89. The standard InChI is InChI=1S/C16H16N4O4/c1-20-15(23)8-12(19-20)16(24)17-11-4-2-3-9(5-11)10-6-13(21)18-14(22)7-10/h2-5,8,10,19H,6-7H2,1H3,(H,17,24)(H,18,21,22). The predicted octanol–water partition coefficient (Wildman–Crippen LogP) is 0.486. The molecule has 0 radical (unpaired) electrons. The van der Waals surface area contributed by atoms with Crippen molar-refractivity contribution in [1.29, 1.82) is 0 Å². The van der Waals surface area contributed by atoms with Gasteiger partial charge >= 0.3 is 0 Å². The van der Waals surface area contributed by atoms with Crippen LogP contribution in [-0.2, 0) is 16.6 Å². The Morgan fingerprint density at radius 1 is 1.17 bits per heavy atom. The predicted molar refractivity (Wildman–Crippen MR) is 85.6 cm³/mol. The van der Waals surface area contributed by atoms with Crippen molar-refractivity contribution >= 4 is 23.4 Å². The number of nitrogens with zero attached hydrogens (tertiary/aromatic N) is 1. The first-order valence-corrected chi connectivity index (χ1v) is 7.42. The van der Waals surface area contributed by atoms with Gasteiger partial charge in [0.25, 0.3) is 11.5 Å². The molecule has 1 aromatic heterocycles. The van der Waals surface area contributed by atoms with Crippen molar-refractivity contribution in [2.75, 3.05) is 5.32 Å². The van der Waals surface area contributed by atoms with Crippen LogP contribution in [0.25, 0.3) is 0 Å². The third kappa shape index (κ3) is 3.27. The zero-order chi connectivity index (χ0) is 17.3. The van der Waals surface area contributed by atoms with Crippen LogP contribution in [0.15, 0.2) is 35.1 Å². The highest BCUT2D eigenvalue weighted by molar-refractivity contribution is 6.03. The molecule has 3 rings (SSSR count). The second-order valence-corrected chi connectivity index (χ2v) is 5.72. The van der Waals surface area contributed by atoms with Gasteiger partial charge in [0.15, 0.2) is 0 Å². The number of nitrogens with one attached hydrogen (secondary N) is 3. The summed E-state index contributed by atoms with van der Waals surface area (Å²) in [7, 11) is 1.52. The molecular formula is C16H16N4O4. The normalized spacial score (nSPS) is 15.2. The number of carbonyl (C=O) groups excluding carboxylic acids is 3. The van der Waals surface area contributed by atoms with Crippen molar-refractivity contribution in [3.05, 3.63) is 51.9 Å². The monoisotopic (exact) mass is 328 g/mol. The van der Waals surface area contributed by atoms with E-state index >= 15 is 0 Å². The zero-order valence-electron chi connectivity index (χ0n) is 13.0. The highest BCUT2D eigenvalue weighted by atomic mass is 16.2. The van der Waals surface area contributed by atoms with Crippen LogP contribution in [0.2, 0.25) is 0 Å². The van der Waals surface area contributed by atoms with Gasteiger partial charge in [-0.3, -0.25) is 34.3 Å². The van der Waals surface area contributed by atoms with Crippen LogP contribution in [0, 0.1) is 0 Å². The van der Waals surface area contributed by atoms with Gasteiger partial charge in [-0.25, -0.2) is 0 Å². The van der Waals surface area contributed by atoms with E-state index in [0.29, 0.717) is 5.69 Å². The smallest absolute Gasteiger partial charge is 0.273 e. The molecule has 0 bridgehead atoms. The molecule has 1 aliphatic rings. The first kappa shape index (κ1) is 15.7. The SMILES string of the molecule is Cn1[nH]c(C(=O)Nc2cccc(C3CC(=O)NC(=O)C3)c2)cc1=O. The number of rotatable bonds is 3. The molecule has 124 valence electrons. The Bertz CT molecular complexity index is 864. The molecule has 0 unspecified atom stereocenters. The van der Waals surface area contributed by atoms with Gasteiger partial charge in [0, 0.05) is 37.6 Å². The fourth-order valence-electron chi connectivity index (χ4n) is 2.69. The van der Waals surface area contributed by atoms with Crippen LogP contribution in [0.4, 0.5) is 5.69 Å². The van der Waals surface area contributed by atoms with Gasteiger partial charge in [0.05, 0.1) is 0 Å². The molecular weight excluding hydrogens is 312 g/mol. The first-order chi connectivity index (χ1) is 11.4. The molecule has 1 fully saturated rings. The summed E-state index contributed by atoms with van der Waals surface area (Å²) in [5.74, 6) is -1.25. The van der Waals surface area contributed by atoms with Gasteiger partial charge in [0.2, 0.25) is 11.8 Å². The number of carbonyl (C=O) groups is 3. The quantitative estimate of drug-likeness (QED) is 0.711. The third-order valence-electron chi connectivity index (χ3n) is 3.89. The molecule has 1 saturated heterocycles. The minimum absolute atomic E-state index is 0.153. The summed E-state index contributed by atoms with van der Waals surface area (Å²) < 4.78 is 1.21. The van der Waals surface area contributed by atoms with E-state index in [-0.39, 0.29) is 41.8 Å². The molecule has 24 heavy (non-hydrogen) atoms. The molecule has 8 heteroatoms. The van der Waals surface area contributed by atoms with Crippen molar-refractivity contribution in [2.24, 2.45) is 7.05 Å². The van der Waals surface area contributed by atoms with Crippen molar-refractivity contribution in [3.63, 3.8) is 0 Å². The molecule has 3 amide bonds. The number of amides is 3. The number of aromatic nitrogens is 2. The number of aryl methyl sites for hydroxylation is 1. The number of hydrogen-bond acceptors (Lipinski definition) is 4. The molecule has 0 saturated carbocycles. The lowest BCUT2D eigenvalue weighted by molar-refractivity contribution is -0.133. The Morgan fingerprint density at radius 3 is 2.50 bits per heavy atom. The van der Waals surface area contributed by atoms with Crippen molar-refractivity contribution in [1.82, 2.24) is 15.1 Å². The summed E-state index contributed by atoms with van der Waals surface area (Å²) >= 11 is 0. The largest absolute Gasteiger partial charge is 0.321 e. The summed E-state index contributed by atoms with van der Waals surface area (Å²) in [6, 6.07) is 8.21. The van der Waals surface area contributed by atoms with Gasteiger partial charge in [0.1, 0.15) is 5.69 Å². The molecule has 1 aliphatic heterocycles. The second kappa shape index (κ2) is 6.15. The van der Waals surface area contributed by atoms with Crippen LogP contribution >= 0.6 is 0 Å². The van der Waals surface area contributed by atoms with E-state index < -0.39 is 5.91 Å². The van der Waals surface area contributed by atoms with Crippen LogP contribution in [0.5, 0.6) is 0 Å². The zero-order valence-corrected chi connectivity index (χ0v) is 13.0. The number of aromatic amines is 1. The van der Waals surface area contributed by atoms with Crippen LogP contribution in [0.3, 0.4) is 0 Å². The van der Waals surface area contributed by atoms with Crippen molar-refractivity contribution in [3.8, 4) is 0 Å². The molecule has 8 nitrogen and oxygen atoms in total. The number of hydrogen-bond donors (Lipinski definition) is 3.